The van der Waals surface area contributed by atoms with Gasteiger partial charge >= 0.3 is 6.03 Å². The Labute approximate surface area is 245 Å². The van der Waals surface area contributed by atoms with Gasteiger partial charge in [-0.2, -0.15) is 0 Å². The van der Waals surface area contributed by atoms with Crippen LogP contribution in [0, 0.1) is 27.0 Å². The van der Waals surface area contributed by atoms with E-state index in [9.17, 15) is 13.8 Å². The Morgan fingerprint density at radius 1 is 1.00 bits per heavy atom. The van der Waals surface area contributed by atoms with E-state index in [1.807, 2.05) is 39.0 Å². The van der Waals surface area contributed by atoms with Gasteiger partial charge in [0.25, 0.3) is 5.91 Å². The van der Waals surface area contributed by atoms with Gasteiger partial charge in [0.2, 0.25) is 0 Å². The van der Waals surface area contributed by atoms with Gasteiger partial charge < -0.3 is 15.4 Å². The van der Waals surface area contributed by atoms with E-state index in [0.717, 1.165) is 11.1 Å². The Hall–Kier alpha value is -4.62. The van der Waals surface area contributed by atoms with Crippen molar-refractivity contribution >= 4 is 63.1 Å². The number of benzene rings is 3. The van der Waals surface area contributed by atoms with Gasteiger partial charge in [0, 0.05) is 5.69 Å². The number of halogens is 1. The lowest BCUT2D eigenvalue weighted by Crippen LogP contribution is -2.34. The van der Waals surface area contributed by atoms with E-state index in [-0.39, 0.29) is 38.6 Å². The molecule has 0 saturated carbocycles. The molecule has 0 aliphatic rings. The number of anilines is 3. The first-order valence-electron chi connectivity index (χ1n) is 12.2. The fourth-order valence-electron chi connectivity index (χ4n) is 3.67. The number of urea groups is 1. The number of nitrogens with zero attached hydrogens (tertiary/aromatic N) is 2. The number of hydrogen-bond donors (Lipinski definition) is 4. The topological polar surface area (TPSA) is 127 Å². The number of aryl methyl sites for hydroxylation is 2. The van der Waals surface area contributed by atoms with Crippen molar-refractivity contribution in [2.45, 2.75) is 38.2 Å². The third kappa shape index (κ3) is 7.96. The molecule has 0 heterocycles. The summed E-state index contributed by atoms with van der Waals surface area (Å²) in [6.07, 6.45) is -0.328. The lowest BCUT2D eigenvalue weighted by atomic mass is 10.1. The summed E-state index contributed by atoms with van der Waals surface area (Å²) in [6, 6.07) is 12.1. The molecule has 3 aromatic rings. The molecule has 41 heavy (non-hydrogen) atoms. The maximum atomic E-state index is 13.0. The van der Waals surface area contributed by atoms with Gasteiger partial charge in [-0.05, 0) is 62.2 Å². The molecular formula is C28H27ClN6O5S. The van der Waals surface area contributed by atoms with Crippen molar-refractivity contribution in [1.82, 2.24) is 5.43 Å². The molecule has 0 aliphatic heterocycles. The number of rotatable bonds is 10. The van der Waals surface area contributed by atoms with Crippen LogP contribution in [0.15, 0.2) is 53.4 Å². The molecule has 2 atom stereocenters. The highest BCUT2D eigenvalue weighted by Gasteiger charge is 2.20. The van der Waals surface area contributed by atoms with Gasteiger partial charge in [0.1, 0.15) is 5.75 Å². The predicted molar refractivity (Wildman–Crippen MR) is 159 cm³/mol. The van der Waals surface area contributed by atoms with E-state index in [2.05, 4.69) is 31.2 Å². The van der Waals surface area contributed by atoms with E-state index in [1.165, 1.54) is 31.4 Å². The van der Waals surface area contributed by atoms with Crippen LogP contribution in [-0.2, 0) is 20.1 Å². The van der Waals surface area contributed by atoms with Crippen LogP contribution < -0.4 is 26.2 Å². The summed E-state index contributed by atoms with van der Waals surface area (Å²) in [5.41, 5.74) is 7.62. The van der Waals surface area contributed by atoms with Gasteiger partial charge in [-0.25, -0.2) is 9.00 Å². The Bertz CT molecular complexity index is 1580. The summed E-state index contributed by atoms with van der Waals surface area (Å²) < 4.78 is 23.1. The number of carbonyl (C=O) groups is 2. The lowest BCUT2D eigenvalue weighted by molar-refractivity contribution is -0.122. The molecule has 0 saturated heterocycles. The van der Waals surface area contributed by atoms with Crippen molar-refractivity contribution in [2.24, 2.45) is 0 Å². The van der Waals surface area contributed by atoms with Crippen LogP contribution in [0.2, 0.25) is 5.02 Å². The number of hydrazine groups is 1. The number of hydrogen-bond acceptors (Lipinski definition) is 6. The molecule has 0 spiro atoms. The van der Waals surface area contributed by atoms with Gasteiger partial charge in [-0.15, -0.1) is 0 Å². The van der Waals surface area contributed by atoms with Crippen LogP contribution >= 0.6 is 11.6 Å². The molecule has 3 rings (SSSR count). The van der Waals surface area contributed by atoms with Crippen LogP contribution in [0.4, 0.5) is 33.2 Å². The van der Waals surface area contributed by atoms with Crippen molar-refractivity contribution in [3.63, 3.8) is 0 Å². The first-order chi connectivity index (χ1) is 19.6. The maximum absolute atomic E-state index is 13.0. The van der Waals surface area contributed by atoms with Crippen LogP contribution in [0.3, 0.4) is 0 Å². The monoisotopic (exact) mass is 594 g/mol. The second-order valence-corrected chi connectivity index (χ2v) is 10.3. The van der Waals surface area contributed by atoms with Gasteiger partial charge in [0.15, 0.2) is 28.6 Å². The molecule has 0 radical (unpaired) electrons. The van der Waals surface area contributed by atoms with Gasteiger partial charge in [-0.3, -0.25) is 29.5 Å². The van der Waals surface area contributed by atoms with Crippen molar-refractivity contribution in [3.8, 4) is 5.75 Å². The summed E-state index contributed by atoms with van der Waals surface area (Å²) in [5.74, 6) is 0.244. The molecule has 0 bridgehead atoms. The molecule has 11 nitrogen and oxygen atoms in total. The highest BCUT2D eigenvalue weighted by atomic mass is 35.5. The fraction of sp³-hybridized carbons (Fsp3) is 0.214. The van der Waals surface area contributed by atoms with Crippen molar-refractivity contribution < 1.29 is 22.7 Å². The zero-order valence-electron chi connectivity index (χ0n) is 22.6. The quantitative estimate of drug-likeness (QED) is 0.153. The third-order valence-corrected chi connectivity index (χ3v) is 7.03. The van der Waals surface area contributed by atoms with Crippen molar-refractivity contribution in [3.05, 3.63) is 87.5 Å². The summed E-state index contributed by atoms with van der Waals surface area (Å²) in [7, 11) is 1.21. The van der Waals surface area contributed by atoms with Crippen LogP contribution in [0.5, 0.6) is 5.75 Å². The first kappa shape index (κ1) is 30.9. The molecular weight excluding hydrogens is 568 g/mol. The normalized spacial score (nSPS) is 11.8. The van der Waals surface area contributed by atoms with Crippen molar-refractivity contribution in [2.75, 3.05) is 23.2 Å². The largest absolute Gasteiger partial charge is 0.480 e. The minimum atomic E-state index is -1.96. The molecule has 212 valence electrons. The number of nitrogens with one attached hydrogen (secondary N) is 4. The predicted octanol–water partition coefficient (Wildman–Crippen LogP) is 6.67. The van der Waals surface area contributed by atoms with E-state index >= 15 is 0 Å². The average Bonchev–Trinajstić information content (AvgIpc) is 2.96. The average molecular weight is 595 g/mol. The molecule has 0 aliphatic carbocycles. The standard InChI is InChI=1S/C28H27ClN6O5S/c1-7-24(40-25-11-8-16(2)12-17(25)3)27(36)32-18-9-10-19(29)20(13-18)33-28(37)35-34-23-14-21(30-4)22(31-5)15-26(23)41(38)39-6/h8-15,24,34H,7H2,1-3,6H3,(H,32,36)(H2,33,35,37). The molecule has 0 aromatic heterocycles. The first-order valence-corrected chi connectivity index (χ1v) is 13.6. The highest BCUT2D eigenvalue weighted by molar-refractivity contribution is 7.80. The summed E-state index contributed by atoms with van der Waals surface area (Å²) in [5, 5.41) is 5.55. The van der Waals surface area contributed by atoms with Gasteiger partial charge in [-0.1, -0.05) is 36.2 Å². The lowest BCUT2D eigenvalue weighted by Gasteiger charge is -2.19. The van der Waals surface area contributed by atoms with E-state index in [4.69, 9.17) is 33.7 Å². The molecule has 2 unspecified atom stereocenters. The van der Waals surface area contributed by atoms with Gasteiger partial charge in [0.05, 0.1) is 41.5 Å². The summed E-state index contributed by atoms with van der Waals surface area (Å²) in [4.78, 5) is 32.2. The molecule has 3 aromatic carbocycles. The van der Waals surface area contributed by atoms with Crippen LogP contribution in [0.25, 0.3) is 9.69 Å². The number of amides is 3. The number of carbonyl (C=O) groups excluding carboxylic acids is 2. The van der Waals surface area contributed by atoms with E-state index in [0.29, 0.717) is 17.9 Å². The minimum Gasteiger partial charge on any atom is -0.480 e. The van der Waals surface area contributed by atoms with E-state index < -0.39 is 23.2 Å². The fourth-order valence-corrected chi connectivity index (χ4v) is 4.51. The minimum absolute atomic E-state index is 0.0000461. The Morgan fingerprint density at radius 3 is 2.34 bits per heavy atom. The summed E-state index contributed by atoms with van der Waals surface area (Å²) in [6.45, 7) is 20.2. The van der Waals surface area contributed by atoms with E-state index in [1.54, 1.807) is 6.07 Å². The zero-order chi connectivity index (χ0) is 30.1. The maximum Gasteiger partial charge on any atom is 0.337 e. The van der Waals surface area contributed by atoms with Crippen LogP contribution in [0.1, 0.15) is 24.5 Å². The Morgan fingerprint density at radius 2 is 1.71 bits per heavy atom. The molecule has 13 heteroatoms. The summed E-state index contributed by atoms with van der Waals surface area (Å²) >= 11 is 4.30. The van der Waals surface area contributed by atoms with Crippen LogP contribution in [-0.4, -0.2) is 29.4 Å². The third-order valence-electron chi connectivity index (χ3n) is 5.70. The zero-order valence-corrected chi connectivity index (χ0v) is 24.2. The molecule has 3 amide bonds. The second kappa shape index (κ2) is 14.1. The molecule has 0 fully saturated rings. The Balaban J connectivity index is 1.70. The molecule has 4 N–H and O–H groups in total. The highest BCUT2D eigenvalue weighted by Crippen LogP contribution is 2.36. The smallest absolute Gasteiger partial charge is 0.337 e. The SMILES string of the molecule is [C-]#[N+]c1cc(NNC(=O)Nc2cc(NC(=O)C(CC)Oc3ccc(C)cc3C)ccc2Cl)c(S(=O)OC)cc1[N+]#[C-]. The second-order valence-electron chi connectivity index (χ2n) is 8.63. The number of ether oxygens (including phenoxy) is 1. The Kier molecular flexibility index (Phi) is 10.7. The van der Waals surface area contributed by atoms with Crippen molar-refractivity contribution in [1.29, 1.82) is 0 Å².